The number of ether oxygens (including phenoxy) is 1. The van der Waals surface area contributed by atoms with Crippen LogP contribution in [0.1, 0.15) is 16.2 Å². The minimum Gasteiger partial charge on any atom is -0.481 e. The fourth-order valence-electron chi connectivity index (χ4n) is 1.12. The molecular formula is C10H8N4O2. The number of nitrogens with zero attached hydrogens (tertiary/aromatic N) is 4. The first-order valence-corrected chi connectivity index (χ1v) is 4.48. The molecule has 80 valence electrons. The second-order valence-corrected chi connectivity index (χ2v) is 2.87. The van der Waals surface area contributed by atoms with Gasteiger partial charge in [-0.15, -0.1) is 0 Å². The Morgan fingerprint density at radius 1 is 1.19 bits per heavy atom. The van der Waals surface area contributed by atoms with Gasteiger partial charge in [0.05, 0.1) is 13.3 Å². The third-order valence-corrected chi connectivity index (χ3v) is 1.88. The zero-order valence-electron chi connectivity index (χ0n) is 8.49. The number of carbonyl (C=O) groups excluding carboxylic acids is 1. The molecule has 0 aromatic carbocycles. The van der Waals surface area contributed by atoms with E-state index >= 15 is 0 Å². The molecular weight excluding hydrogens is 208 g/mol. The minimum absolute atomic E-state index is 0.229. The summed E-state index contributed by atoms with van der Waals surface area (Å²) in [5.74, 6) is 0.0241. The average molecular weight is 216 g/mol. The van der Waals surface area contributed by atoms with Crippen LogP contribution in [0.4, 0.5) is 0 Å². The van der Waals surface area contributed by atoms with Gasteiger partial charge in [0.15, 0.2) is 0 Å². The summed E-state index contributed by atoms with van der Waals surface area (Å²) in [4.78, 5) is 27.2. The second-order valence-electron chi connectivity index (χ2n) is 2.87. The van der Waals surface area contributed by atoms with E-state index in [-0.39, 0.29) is 17.2 Å². The molecule has 6 heteroatoms. The molecule has 0 aliphatic heterocycles. The summed E-state index contributed by atoms with van der Waals surface area (Å²) in [7, 11) is 1.47. The number of carbonyl (C=O) groups is 1. The molecule has 2 rings (SSSR count). The number of methoxy groups -OCH3 is 1. The van der Waals surface area contributed by atoms with Crippen LogP contribution in [0.3, 0.4) is 0 Å². The smallest absolute Gasteiger partial charge is 0.231 e. The first-order valence-electron chi connectivity index (χ1n) is 4.48. The molecule has 0 saturated carbocycles. The number of aromatic nitrogens is 4. The van der Waals surface area contributed by atoms with E-state index in [1.54, 1.807) is 0 Å². The lowest BCUT2D eigenvalue weighted by molar-refractivity contribution is 0.102. The van der Waals surface area contributed by atoms with Crippen LogP contribution in [0.25, 0.3) is 0 Å². The molecule has 16 heavy (non-hydrogen) atoms. The molecule has 0 fully saturated rings. The van der Waals surface area contributed by atoms with Gasteiger partial charge in [-0.25, -0.2) is 15.0 Å². The monoisotopic (exact) mass is 216 g/mol. The van der Waals surface area contributed by atoms with Gasteiger partial charge in [0.2, 0.25) is 11.7 Å². The van der Waals surface area contributed by atoms with Gasteiger partial charge in [-0.3, -0.25) is 9.78 Å². The van der Waals surface area contributed by atoms with Gasteiger partial charge in [-0.2, -0.15) is 0 Å². The van der Waals surface area contributed by atoms with Crippen molar-refractivity contribution in [1.82, 2.24) is 19.9 Å². The number of ketones is 1. The molecule has 2 aromatic rings. The third kappa shape index (κ3) is 2.00. The van der Waals surface area contributed by atoms with Gasteiger partial charge in [0, 0.05) is 18.5 Å². The molecule has 2 aromatic heterocycles. The topological polar surface area (TPSA) is 77.9 Å². The highest BCUT2D eigenvalue weighted by Crippen LogP contribution is 2.09. The minimum atomic E-state index is -0.311. The SMILES string of the molecule is COc1cc(C(=O)c2cnccn2)ncn1. The van der Waals surface area contributed by atoms with Crippen LogP contribution < -0.4 is 4.74 Å². The Bertz CT molecular complexity index is 501. The lowest BCUT2D eigenvalue weighted by Gasteiger charge is -2.00. The van der Waals surface area contributed by atoms with E-state index in [1.807, 2.05) is 0 Å². The Morgan fingerprint density at radius 2 is 2.06 bits per heavy atom. The van der Waals surface area contributed by atoms with Crippen molar-refractivity contribution in [3.05, 3.63) is 42.4 Å². The van der Waals surface area contributed by atoms with E-state index in [9.17, 15) is 4.79 Å². The van der Waals surface area contributed by atoms with Crippen molar-refractivity contribution in [2.45, 2.75) is 0 Å². The van der Waals surface area contributed by atoms with Crippen molar-refractivity contribution in [1.29, 1.82) is 0 Å². The van der Waals surface area contributed by atoms with Crippen molar-refractivity contribution in [3.63, 3.8) is 0 Å². The second kappa shape index (κ2) is 4.43. The Morgan fingerprint density at radius 3 is 2.75 bits per heavy atom. The maximum absolute atomic E-state index is 11.9. The zero-order chi connectivity index (χ0) is 11.4. The van der Waals surface area contributed by atoms with E-state index in [2.05, 4.69) is 19.9 Å². The van der Waals surface area contributed by atoms with Crippen molar-refractivity contribution >= 4 is 5.78 Å². The molecule has 0 amide bonds. The molecule has 0 saturated heterocycles. The van der Waals surface area contributed by atoms with Gasteiger partial charge in [-0.05, 0) is 0 Å². The highest BCUT2D eigenvalue weighted by Gasteiger charge is 2.12. The van der Waals surface area contributed by atoms with Crippen molar-refractivity contribution in [3.8, 4) is 5.88 Å². The Labute approximate surface area is 91.4 Å². The van der Waals surface area contributed by atoms with Gasteiger partial charge < -0.3 is 4.74 Å². The van der Waals surface area contributed by atoms with Crippen LogP contribution >= 0.6 is 0 Å². The highest BCUT2D eigenvalue weighted by molar-refractivity contribution is 6.06. The van der Waals surface area contributed by atoms with Crippen molar-refractivity contribution in [2.75, 3.05) is 7.11 Å². The zero-order valence-corrected chi connectivity index (χ0v) is 8.49. The van der Waals surface area contributed by atoms with E-state index in [4.69, 9.17) is 4.74 Å². The predicted molar refractivity (Wildman–Crippen MR) is 54.0 cm³/mol. The molecule has 6 nitrogen and oxygen atoms in total. The van der Waals surface area contributed by atoms with Crippen molar-refractivity contribution in [2.24, 2.45) is 0 Å². The molecule has 2 heterocycles. The molecule has 0 spiro atoms. The number of rotatable bonds is 3. The van der Waals surface area contributed by atoms with Gasteiger partial charge in [-0.1, -0.05) is 0 Å². The van der Waals surface area contributed by atoms with Gasteiger partial charge in [0.1, 0.15) is 17.7 Å². The Hall–Kier alpha value is -2.37. The number of hydrogen-bond acceptors (Lipinski definition) is 6. The molecule has 0 N–H and O–H groups in total. The summed E-state index contributed by atoms with van der Waals surface area (Å²) < 4.78 is 4.90. The lowest BCUT2D eigenvalue weighted by Crippen LogP contribution is -2.07. The first kappa shape index (κ1) is 10.2. The summed E-state index contributed by atoms with van der Waals surface area (Å²) in [5, 5.41) is 0. The summed E-state index contributed by atoms with van der Waals surface area (Å²) in [6, 6.07) is 1.46. The standard InChI is InChI=1S/C10H8N4O2/c1-16-9-4-7(13-6-14-9)10(15)8-5-11-2-3-12-8/h2-6H,1H3. The lowest BCUT2D eigenvalue weighted by atomic mass is 10.2. The van der Waals surface area contributed by atoms with E-state index in [1.165, 1.54) is 38.1 Å². The van der Waals surface area contributed by atoms with Crippen LogP contribution in [-0.2, 0) is 0 Å². The predicted octanol–water partition coefficient (Wildman–Crippen LogP) is 0.506. The van der Waals surface area contributed by atoms with Crippen molar-refractivity contribution < 1.29 is 9.53 Å². The average Bonchev–Trinajstić information content (AvgIpc) is 2.39. The highest BCUT2D eigenvalue weighted by atomic mass is 16.5. The number of hydrogen-bond donors (Lipinski definition) is 0. The van der Waals surface area contributed by atoms with E-state index < -0.39 is 0 Å². The molecule has 0 atom stereocenters. The van der Waals surface area contributed by atoms with Crippen LogP contribution in [0.15, 0.2) is 31.0 Å². The van der Waals surface area contributed by atoms with E-state index in [0.717, 1.165) is 0 Å². The van der Waals surface area contributed by atoms with Gasteiger partial charge >= 0.3 is 0 Å². The fourth-order valence-corrected chi connectivity index (χ4v) is 1.12. The molecule has 0 unspecified atom stereocenters. The Balaban J connectivity index is 2.34. The Kier molecular flexibility index (Phi) is 2.81. The van der Waals surface area contributed by atoms with E-state index in [0.29, 0.717) is 5.88 Å². The maximum Gasteiger partial charge on any atom is 0.231 e. The third-order valence-electron chi connectivity index (χ3n) is 1.88. The van der Waals surface area contributed by atoms with Crippen LogP contribution in [0, 0.1) is 0 Å². The summed E-state index contributed by atoms with van der Waals surface area (Å²) in [6.45, 7) is 0. The van der Waals surface area contributed by atoms with Crippen LogP contribution in [0.5, 0.6) is 5.88 Å². The quantitative estimate of drug-likeness (QED) is 0.695. The summed E-state index contributed by atoms with van der Waals surface area (Å²) >= 11 is 0. The van der Waals surface area contributed by atoms with Crippen LogP contribution in [0.2, 0.25) is 0 Å². The molecule has 0 radical (unpaired) electrons. The van der Waals surface area contributed by atoms with Crippen LogP contribution in [-0.4, -0.2) is 32.8 Å². The fraction of sp³-hybridized carbons (Fsp3) is 0.100. The molecule has 0 bridgehead atoms. The molecule has 0 aliphatic rings. The maximum atomic E-state index is 11.9. The van der Waals surface area contributed by atoms with Gasteiger partial charge in [0.25, 0.3) is 0 Å². The molecule has 0 aliphatic carbocycles. The summed E-state index contributed by atoms with van der Waals surface area (Å²) in [5.41, 5.74) is 0.468. The summed E-state index contributed by atoms with van der Waals surface area (Å²) in [6.07, 6.45) is 5.60. The first-order chi connectivity index (χ1) is 7.81. The normalized spacial score (nSPS) is 9.81. The largest absolute Gasteiger partial charge is 0.481 e.